The van der Waals surface area contributed by atoms with Gasteiger partial charge in [0.25, 0.3) is 0 Å². The Morgan fingerprint density at radius 2 is 2.44 bits per heavy atom. The number of aromatic nitrogens is 1. The summed E-state index contributed by atoms with van der Waals surface area (Å²) >= 11 is 0. The largest absolute Gasteiger partial charge is 0.465 e. The first kappa shape index (κ1) is 12.4. The normalized spacial score (nSPS) is 11.9. The molecule has 88 valence electrons. The summed E-state index contributed by atoms with van der Waals surface area (Å²) in [7, 11) is 1.34. The summed E-state index contributed by atoms with van der Waals surface area (Å²) < 4.78 is 4.66. The van der Waals surface area contributed by atoms with Crippen LogP contribution in [0.15, 0.2) is 18.3 Å². The number of pyridine rings is 1. The predicted molar refractivity (Wildman–Crippen MR) is 62.3 cm³/mol. The van der Waals surface area contributed by atoms with Crippen LogP contribution < -0.4 is 11.1 Å². The predicted octanol–water partition coefficient (Wildman–Crippen LogP) is 1.02. The molecule has 0 saturated carbocycles. The first-order valence-electron chi connectivity index (χ1n) is 5.21. The molecule has 0 spiro atoms. The van der Waals surface area contributed by atoms with Gasteiger partial charge in [0, 0.05) is 18.8 Å². The van der Waals surface area contributed by atoms with Gasteiger partial charge in [-0.25, -0.2) is 9.78 Å². The molecule has 0 saturated heterocycles. The van der Waals surface area contributed by atoms with Gasteiger partial charge in [-0.1, -0.05) is 6.92 Å². The lowest BCUT2D eigenvalue weighted by Crippen LogP contribution is -2.28. The highest BCUT2D eigenvalue weighted by atomic mass is 16.5. The maximum atomic E-state index is 11.4. The van der Waals surface area contributed by atoms with Crippen LogP contribution in [0.25, 0.3) is 0 Å². The number of rotatable bonds is 5. The minimum absolute atomic E-state index is 0.0486. The van der Waals surface area contributed by atoms with Crippen molar-refractivity contribution in [2.24, 2.45) is 5.73 Å². The number of esters is 1. The third kappa shape index (κ3) is 3.20. The van der Waals surface area contributed by atoms with E-state index in [1.807, 2.05) is 6.92 Å². The molecule has 1 heterocycles. The minimum Gasteiger partial charge on any atom is -0.465 e. The molecule has 5 nitrogen and oxygen atoms in total. The highest BCUT2D eigenvalue weighted by Gasteiger charge is 2.12. The summed E-state index contributed by atoms with van der Waals surface area (Å²) in [6.45, 7) is 2.59. The first-order chi connectivity index (χ1) is 7.69. The molecule has 0 aliphatic carbocycles. The van der Waals surface area contributed by atoms with Crippen molar-refractivity contribution >= 4 is 11.8 Å². The van der Waals surface area contributed by atoms with E-state index >= 15 is 0 Å². The van der Waals surface area contributed by atoms with E-state index in [1.54, 1.807) is 18.3 Å². The quantitative estimate of drug-likeness (QED) is 0.729. The van der Waals surface area contributed by atoms with Gasteiger partial charge in [-0.15, -0.1) is 0 Å². The van der Waals surface area contributed by atoms with Gasteiger partial charge in [0.15, 0.2) is 0 Å². The Balaban J connectivity index is 2.75. The molecule has 0 aliphatic rings. The second-order valence-electron chi connectivity index (χ2n) is 3.44. The van der Waals surface area contributed by atoms with E-state index in [9.17, 15) is 4.79 Å². The summed E-state index contributed by atoms with van der Waals surface area (Å²) in [6.07, 6.45) is 2.49. The number of methoxy groups -OCH3 is 1. The van der Waals surface area contributed by atoms with E-state index in [0.29, 0.717) is 17.9 Å². The number of carbonyl (C=O) groups excluding carboxylic acids is 1. The van der Waals surface area contributed by atoms with Gasteiger partial charge in [-0.05, 0) is 18.6 Å². The lowest BCUT2D eigenvalue weighted by atomic mass is 10.2. The van der Waals surface area contributed by atoms with E-state index in [0.717, 1.165) is 6.42 Å². The van der Waals surface area contributed by atoms with Crippen molar-refractivity contribution in [3.63, 3.8) is 0 Å². The summed E-state index contributed by atoms with van der Waals surface area (Å²) in [5.41, 5.74) is 6.20. The van der Waals surface area contributed by atoms with Crippen molar-refractivity contribution < 1.29 is 9.53 Å². The molecule has 0 amide bonds. The third-order valence-corrected chi connectivity index (χ3v) is 2.27. The number of carbonyl (C=O) groups is 1. The van der Waals surface area contributed by atoms with Crippen molar-refractivity contribution in [3.05, 3.63) is 23.9 Å². The molecule has 3 N–H and O–H groups in total. The zero-order chi connectivity index (χ0) is 12.0. The lowest BCUT2D eigenvalue weighted by molar-refractivity contribution is 0.0601. The second-order valence-corrected chi connectivity index (χ2v) is 3.44. The van der Waals surface area contributed by atoms with Gasteiger partial charge in [0.05, 0.1) is 7.11 Å². The number of ether oxygens (including phenoxy) is 1. The van der Waals surface area contributed by atoms with Gasteiger partial charge in [0.1, 0.15) is 11.4 Å². The number of nitrogens with zero attached hydrogens (tertiary/aromatic N) is 1. The molecule has 5 heteroatoms. The number of hydrogen-bond acceptors (Lipinski definition) is 5. The number of nitrogens with one attached hydrogen (secondary N) is 1. The molecule has 1 rings (SSSR count). The summed E-state index contributed by atoms with van der Waals surface area (Å²) in [5.74, 6) is 0.110. The van der Waals surface area contributed by atoms with Crippen LogP contribution in [0.3, 0.4) is 0 Å². The molecular weight excluding hydrogens is 206 g/mol. The third-order valence-electron chi connectivity index (χ3n) is 2.27. The molecule has 0 bridgehead atoms. The zero-order valence-electron chi connectivity index (χ0n) is 9.56. The van der Waals surface area contributed by atoms with Crippen LogP contribution in [0.2, 0.25) is 0 Å². The van der Waals surface area contributed by atoms with Crippen LogP contribution in [0.4, 0.5) is 5.82 Å². The Kier molecular flexibility index (Phi) is 4.72. The molecule has 0 radical (unpaired) electrons. The Labute approximate surface area is 95.0 Å². The van der Waals surface area contributed by atoms with E-state index < -0.39 is 5.97 Å². The SMILES string of the molecule is CCC(N)CNc1ncccc1C(=O)OC. The van der Waals surface area contributed by atoms with E-state index in [2.05, 4.69) is 15.0 Å². The molecule has 16 heavy (non-hydrogen) atoms. The highest BCUT2D eigenvalue weighted by Crippen LogP contribution is 2.12. The van der Waals surface area contributed by atoms with Crippen LogP contribution in [-0.2, 0) is 4.74 Å². The summed E-state index contributed by atoms with van der Waals surface area (Å²) in [4.78, 5) is 15.5. The van der Waals surface area contributed by atoms with Crippen LogP contribution >= 0.6 is 0 Å². The molecule has 0 aromatic carbocycles. The van der Waals surface area contributed by atoms with Gasteiger partial charge in [0.2, 0.25) is 0 Å². The molecule has 1 aromatic rings. The van der Waals surface area contributed by atoms with E-state index in [4.69, 9.17) is 5.73 Å². The zero-order valence-corrected chi connectivity index (χ0v) is 9.56. The molecule has 1 atom stereocenters. The van der Waals surface area contributed by atoms with Gasteiger partial charge >= 0.3 is 5.97 Å². The van der Waals surface area contributed by atoms with Crippen molar-refractivity contribution in [1.29, 1.82) is 0 Å². The first-order valence-corrected chi connectivity index (χ1v) is 5.21. The van der Waals surface area contributed by atoms with Gasteiger partial charge in [-0.2, -0.15) is 0 Å². The fourth-order valence-electron chi connectivity index (χ4n) is 1.19. The molecule has 0 aliphatic heterocycles. The van der Waals surface area contributed by atoms with Crippen LogP contribution in [0.1, 0.15) is 23.7 Å². The van der Waals surface area contributed by atoms with Crippen molar-refractivity contribution in [2.45, 2.75) is 19.4 Å². The Bertz CT molecular complexity index is 355. The Morgan fingerprint density at radius 1 is 1.69 bits per heavy atom. The van der Waals surface area contributed by atoms with Crippen LogP contribution in [0.5, 0.6) is 0 Å². The van der Waals surface area contributed by atoms with Crippen molar-refractivity contribution in [3.8, 4) is 0 Å². The topological polar surface area (TPSA) is 77.2 Å². The van der Waals surface area contributed by atoms with Crippen molar-refractivity contribution in [2.75, 3.05) is 19.0 Å². The van der Waals surface area contributed by atoms with Crippen LogP contribution in [0, 0.1) is 0 Å². The number of anilines is 1. The van der Waals surface area contributed by atoms with Gasteiger partial charge < -0.3 is 15.8 Å². The van der Waals surface area contributed by atoms with Crippen molar-refractivity contribution in [1.82, 2.24) is 4.98 Å². The van der Waals surface area contributed by atoms with E-state index in [1.165, 1.54) is 7.11 Å². The molecular formula is C11H17N3O2. The Morgan fingerprint density at radius 3 is 3.06 bits per heavy atom. The Hall–Kier alpha value is -1.62. The maximum absolute atomic E-state index is 11.4. The minimum atomic E-state index is -0.402. The second kappa shape index (κ2) is 6.07. The van der Waals surface area contributed by atoms with Crippen LogP contribution in [-0.4, -0.2) is 30.6 Å². The monoisotopic (exact) mass is 223 g/mol. The smallest absolute Gasteiger partial charge is 0.341 e. The average Bonchev–Trinajstić information content (AvgIpc) is 2.35. The fourth-order valence-corrected chi connectivity index (χ4v) is 1.19. The number of nitrogens with two attached hydrogens (primary N) is 1. The average molecular weight is 223 g/mol. The standard InChI is InChI=1S/C11H17N3O2/c1-3-8(12)7-14-10-9(11(15)16-2)5-4-6-13-10/h4-6,8H,3,7,12H2,1-2H3,(H,13,14). The summed E-state index contributed by atoms with van der Waals surface area (Å²) in [5, 5.41) is 3.04. The number of hydrogen-bond donors (Lipinski definition) is 2. The summed E-state index contributed by atoms with van der Waals surface area (Å²) in [6, 6.07) is 3.41. The molecule has 0 fully saturated rings. The highest BCUT2D eigenvalue weighted by molar-refractivity contribution is 5.94. The molecule has 1 unspecified atom stereocenters. The lowest BCUT2D eigenvalue weighted by Gasteiger charge is -2.12. The fraction of sp³-hybridized carbons (Fsp3) is 0.455. The van der Waals surface area contributed by atoms with E-state index in [-0.39, 0.29) is 6.04 Å². The maximum Gasteiger partial charge on any atom is 0.341 e. The molecule has 1 aromatic heterocycles. The van der Waals surface area contributed by atoms with Gasteiger partial charge in [-0.3, -0.25) is 0 Å².